The summed E-state index contributed by atoms with van der Waals surface area (Å²) in [7, 11) is 0. The van der Waals surface area contributed by atoms with Gasteiger partial charge in [-0.3, -0.25) is 0 Å². The van der Waals surface area contributed by atoms with Crippen molar-refractivity contribution in [3.63, 3.8) is 0 Å². The van der Waals surface area contributed by atoms with Crippen molar-refractivity contribution in [2.45, 2.75) is 31.7 Å². The van der Waals surface area contributed by atoms with E-state index in [0.717, 1.165) is 50.0 Å². The first-order valence-corrected chi connectivity index (χ1v) is 8.66. The Kier molecular flexibility index (Phi) is 5.49. The third-order valence-electron chi connectivity index (χ3n) is 4.56. The van der Waals surface area contributed by atoms with Crippen LogP contribution in [0, 0.1) is 0 Å². The van der Waals surface area contributed by atoms with Crippen LogP contribution in [0.3, 0.4) is 0 Å². The fourth-order valence-electron chi connectivity index (χ4n) is 3.13. The van der Waals surface area contributed by atoms with E-state index in [9.17, 15) is 4.79 Å². The van der Waals surface area contributed by atoms with Crippen LogP contribution in [0.2, 0.25) is 0 Å². The number of rotatable bonds is 3. The van der Waals surface area contributed by atoms with Crippen LogP contribution in [0.15, 0.2) is 54.6 Å². The molecule has 4 heteroatoms. The maximum Gasteiger partial charge on any atom is 0.321 e. The van der Waals surface area contributed by atoms with Gasteiger partial charge in [0, 0.05) is 24.8 Å². The molecule has 3 rings (SSSR count). The first-order chi connectivity index (χ1) is 11.7. The van der Waals surface area contributed by atoms with Crippen molar-refractivity contribution in [2.75, 3.05) is 18.4 Å². The highest BCUT2D eigenvalue weighted by Crippen LogP contribution is 2.20. The molecule has 0 unspecified atom stereocenters. The van der Waals surface area contributed by atoms with Gasteiger partial charge < -0.3 is 16.0 Å². The Morgan fingerprint density at radius 1 is 1.04 bits per heavy atom. The summed E-state index contributed by atoms with van der Waals surface area (Å²) in [6.45, 7) is 1.51. The summed E-state index contributed by atoms with van der Waals surface area (Å²) >= 11 is 0. The Bertz CT molecular complexity index is 672. The number of carbonyl (C=O) groups excluding carboxylic acids is 1. The van der Waals surface area contributed by atoms with Crippen LogP contribution < -0.4 is 11.1 Å². The Morgan fingerprint density at radius 3 is 2.62 bits per heavy atom. The summed E-state index contributed by atoms with van der Waals surface area (Å²) in [6, 6.07) is 18.5. The molecule has 3 N–H and O–H groups in total. The number of benzene rings is 2. The minimum absolute atomic E-state index is 0.0235. The lowest BCUT2D eigenvalue weighted by Gasteiger charge is -2.22. The molecule has 1 aliphatic heterocycles. The smallest absolute Gasteiger partial charge is 0.321 e. The molecule has 0 bridgehead atoms. The van der Waals surface area contributed by atoms with E-state index in [1.54, 1.807) is 0 Å². The largest absolute Gasteiger partial charge is 0.328 e. The molecule has 0 aliphatic carbocycles. The van der Waals surface area contributed by atoms with Crippen molar-refractivity contribution in [3.05, 3.63) is 65.7 Å². The van der Waals surface area contributed by atoms with Gasteiger partial charge in [0.1, 0.15) is 0 Å². The van der Waals surface area contributed by atoms with E-state index in [1.807, 2.05) is 41.3 Å². The van der Waals surface area contributed by atoms with Crippen LogP contribution in [0.4, 0.5) is 10.5 Å². The van der Waals surface area contributed by atoms with Crippen LogP contribution in [-0.4, -0.2) is 30.1 Å². The van der Waals surface area contributed by atoms with E-state index in [-0.39, 0.29) is 12.1 Å². The summed E-state index contributed by atoms with van der Waals surface area (Å²) in [5.74, 6) is 0. The molecule has 0 aromatic heterocycles. The molecule has 2 aromatic carbocycles. The summed E-state index contributed by atoms with van der Waals surface area (Å²) in [6.07, 6.45) is 3.65. The Balaban J connectivity index is 1.69. The zero-order valence-corrected chi connectivity index (χ0v) is 13.9. The molecule has 0 saturated carbocycles. The molecule has 4 nitrogen and oxygen atoms in total. The summed E-state index contributed by atoms with van der Waals surface area (Å²) in [4.78, 5) is 14.5. The second-order valence-corrected chi connectivity index (χ2v) is 6.43. The van der Waals surface area contributed by atoms with Crippen LogP contribution in [0.25, 0.3) is 0 Å². The number of nitrogens with one attached hydrogen (secondary N) is 1. The van der Waals surface area contributed by atoms with Gasteiger partial charge >= 0.3 is 6.03 Å². The van der Waals surface area contributed by atoms with Crippen LogP contribution in [0.5, 0.6) is 0 Å². The van der Waals surface area contributed by atoms with Gasteiger partial charge in [0.25, 0.3) is 0 Å². The standard InChI is InChI=1S/C20H25N3O/c21-18-10-6-13-23(14-12-18)20(24)22-19-11-5-4-9-17(19)15-16-7-2-1-3-8-16/h1-5,7-9,11,18H,6,10,12-15,21H2,(H,22,24)/t18-/m0/s1. The number of hydrogen-bond donors (Lipinski definition) is 2. The number of nitrogens with two attached hydrogens (primary N) is 1. The molecular weight excluding hydrogens is 298 g/mol. The van der Waals surface area contributed by atoms with Crippen LogP contribution >= 0.6 is 0 Å². The molecule has 126 valence electrons. The maximum absolute atomic E-state index is 12.6. The first kappa shape index (κ1) is 16.5. The van der Waals surface area contributed by atoms with Crippen molar-refractivity contribution in [1.82, 2.24) is 4.90 Å². The highest BCUT2D eigenvalue weighted by molar-refractivity contribution is 5.90. The Labute approximate surface area is 143 Å². The minimum Gasteiger partial charge on any atom is -0.328 e. The highest BCUT2D eigenvalue weighted by atomic mass is 16.2. The molecule has 24 heavy (non-hydrogen) atoms. The molecular formula is C20H25N3O. The Hall–Kier alpha value is -2.33. The van der Waals surface area contributed by atoms with Gasteiger partial charge in [-0.1, -0.05) is 48.5 Å². The van der Waals surface area contributed by atoms with E-state index in [4.69, 9.17) is 5.73 Å². The second-order valence-electron chi connectivity index (χ2n) is 6.43. The summed E-state index contributed by atoms with van der Waals surface area (Å²) in [5, 5.41) is 3.09. The molecule has 2 aromatic rings. The van der Waals surface area contributed by atoms with Crippen molar-refractivity contribution in [1.29, 1.82) is 0 Å². The number of nitrogens with zero attached hydrogens (tertiary/aromatic N) is 1. The van der Waals surface area contributed by atoms with E-state index < -0.39 is 0 Å². The zero-order chi connectivity index (χ0) is 16.8. The lowest BCUT2D eigenvalue weighted by Crippen LogP contribution is -2.36. The van der Waals surface area contributed by atoms with Gasteiger partial charge in [0.15, 0.2) is 0 Å². The topological polar surface area (TPSA) is 58.4 Å². The molecule has 1 heterocycles. The van der Waals surface area contributed by atoms with Crippen molar-refractivity contribution >= 4 is 11.7 Å². The number of carbonyl (C=O) groups is 1. The SMILES string of the molecule is N[C@H]1CCCN(C(=O)Nc2ccccc2Cc2ccccc2)CC1. The van der Waals surface area contributed by atoms with Gasteiger partial charge in [-0.2, -0.15) is 0 Å². The third-order valence-corrected chi connectivity index (χ3v) is 4.56. The fraction of sp³-hybridized carbons (Fsp3) is 0.350. The quantitative estimate of drug-likeness (QED) is 0.906. The number of amides is 2. The molecule has 2 amide bonds. The van der Waals surface area contributed by atoms with Gasteiger partial charge in [0.2, 0.25) is 0 Å². The molecule has 0 spiro atoms. The normalized spacial score (nSPS) is 18.0. The molecule has 0 radical (unpaired) electrons. The zero-order valence-electron chi connectivity index (χ0n) is 13.9. The number of urea groups is 1. The number of anilines is 1. The molecule has 1 fully saturated rings. The number of likely N-dealkylation sites (tertiary alicyclic amines) is 1. The minimum atomic E-state index is -0.0235. The van der Waals surface area contributed by atoms with E-state index in [0.29, 0.717) is 0 Å². The molecule has 1 saturated heterocycles. The average Bonchev–Trinajstić information content (AvgIpc) is 2.82. The lowest BCUT2D eigenvalue weighted by atomic mass is 10.0. The number of hydrogen-bond acceptors (Lipinski definition) is 2. The third kappa shape index (κ3) is 4.36. The first-order valence-electron chi connectivity index (χ1n) is 8.66. The van der Waals surface area contributed by atoms with Gasteiger partial charge in [-0.15, -0.1) is 0 Å². The summed E-state index contributed by atoms with van der Waals surface area (Å²) in [5.41, 5.74) is 9.25. The molecule has 1 aliphatic rings. The predicted octanol–water partition coefficient (Wildman–Crippen LogP) is 3.62. The van der Waals surface area contributed by atoms with Gasteiger partial charge in [-0.25, -0.2) is 4.79 Å². The average molecular weight is 323 g/mol. The van der Waals surface area contributed by atoms with E-state index in [2.05, 4.69) is 23.5 Å². The van der Waals surface area contributed by atoms with Crippen molar-refractivity contribution in [3.8, 4) is 0 Å². The van der Waals surface area contributed by atoms with Crippen LogP contribution in [0.1, 0.15) is 30.4 Å². The van der Waals surface area contributed by atoms with Crippen molar-refractivity contribution in [2.24, 2.45) is 5.73 Å². The van der Waals surface area contributed by atoms with Crippen LogP contribution in [-0.2, 0) is 6.42 Å². The lowest BCUT2D eigenvalue weighted by molar-refractivity contribution is 0.213. The maximum atomic E-state index is 12.6. The van der Waals surface area contributed by atoms with Crippen molar-refractivity contribution < 1.29 is 4.79 Å². The van der Waals surface area contributed by atoms with E-state index >= 15 is 0 Å². The second kappa shape index (κ2) is 7.97. The molecule has 1 atom stereocenters. The summed E-state index contributed by atoms with van der Waals surface area (Å²) < 4.78 is 0. The number of para-hydroxylation sites is 1. The highest BCUT2D eigenvalue weighted by Gasteiger charge is 2.19. The predicted molar refractivity (Wildman–Crippen MR) is 98.1 cm³/mol. The fourth-order valence-corrected chi connectivity index (χ4v) is 3.13. The monoisotopic (exact) mass is 323 g/mol. The Morgan fingerprint density at radius 2 is 1.79 bits per heavy atom. The van der Waals surface area contributed by atoms with E-state index in [1.165, 1.54) is 5.56 Å². The van der Waals surface area contributed by atoms with Gasteiger partial charge in [0.05, 0.1) is 0 Å². The van der Waals surface area contributed by atoms with Gasteiger partial charge in [-0.05, 0) is 42.9 Å².